The maximum absolute atomic E-state index is 5.10. The van der Waals surface area contributed by atoms with Gasteiger partial charge in [-0.15, -0.1) is 0 Å². The van der Waals surface area contributed by atoms with Crippen LogP contribution in [0.4, 0.5) is 0 Å². The van der Waals surface area contributed by atoms with E-state index >= 15 is 0 Å². The summed E-state index contributed by atoms with van der Waals surface area (Å²) >= 11 is 1.82. The molecule has 5 aromatic carbocycles. The quantitative estimate of drug-likeness (QED) is 0.204. The lowest BCUT2D eigenvalue weighted by Gasteiger charge is -2.15. The number of rotatable bonds is 3. The molecule has 1 aliphatic heterocycles. The average molecular weight is 594 g/mol. The first-order chi connectivity index (χ1) is 22.3. The average Bonchev–Trinajstić information content (AvgIpc) is 3.14. The lowest BCUT2D eigenvalue weighted by molar-refractivity contribution is 1.18. The summed E-state index contributed by atoms with van der Waals surface area (Å²) < 4.78 is 0. The summed E-state index contributed by atoms with van der Waals surface area (Å²) in [5, 5.41) is 0. The third-order valence-electron chi connectivity index (χ3n) is 8.04. The molecular weight excluding hydrogens is 567 g/mol. The van der Waals surface area contributed by atoms with Crippen molar-refractivity contribution in [2.45, 2.75) is 9.79 Å². The Kier molecular flexibility index (Phi) is 7.10. The van der Waals surface area contributed by atoms with Crippen LogP contribution in [0.1, 0.15) is 11.1 Å². The van der Waals surface area contributed by atoms with Crippen molar-refractivity contribution in [2.75, 3.05) is 0 Å². The number of fused-ring (bicyclic) bond motifs is 6. The van der Waals surface area contributed by atoms with Gasteiger partial charge in [0.25, 0.3) is 0 Å². The molecule has 0 spiro atoms. The normalized spacial score (nSPS) is 12.5. The van der Waals surface area contributed by atoms with Gasteiger partial charge in [-0.3, -0.25) is 4.98 Å². The standard InChI is InChI=1S/C41H27N3S/c1-2-12-30(13-3-1)41-43-37(26-38(44-41)32-14-10-24-42-27-32)31-23-22-29-21-20-28-11-4-5-15-33(28)34-16-6-8-18-39(34)45-40-19-9-7-17-35(40)36(29)25-31/h1-27H/b21-20-. The van der Waals surface area contributed by atoms with E-state index in [1.165, 1.54) is 32.0 Å². The Morgan fingerprint density at radius 1 is 0.422 bits per heavy atom. The maximum Gasteiger partial charge on any atom is 0.160 e. The van der Waals surface area contributed by atoms with Gasteiger partial charge in [-0.25, -0.2) is 9.97 Å². The van der Waals surface area contributed by atoms with E-state index in [1.54, 1.807) is 6.20 Å². The molecule has 0 atom stereocenters. The summed E-state index contributed by atoms with van der Waals surface area (Å²) in [6.45, 7) is 0. The number of benzene rings is 5. The Morgan fingerprint density at radius 2 is 1.02 bits per heavy atom. The van der Waals surface area contributed by atoms with Crippen LogP contribution in [-0.2, 0) is 0 Å². The number of nitrogens with zero attached hydrogens (tertiary/aromatic N) is 3. The highest BCUT2D eigenvalue weighted by molar-refractivity contribution is 7.99. The molecule has 0 saturated heterocycles. The Labute approximate surface area is 267 Å². The molecule has 0 fully saturated rings. The first-order valence-corrected chi connectivity index (χ1v) is 15.7. The molecule has 8 rings (SSSR count). The Balaban J connectivity index is 1.34. The highest BCUT2D eigenvalue weighted by atomic mass is 32.2. The predicted octanol–water partition coefficient (Wildman–Crippen LogP) is 10.8. The Hall–Kier alpha value is -5.58. The topological polar surface area (TPSA) is 38.7 Å². The van der Waals surface area contributed by atoms with Gasteiger partial charge in [0.15, 0.2) is 5.82 Å². The van der Waals surface area contributed by atoms with Crippen LogP contribution in [0.15, 0.2) is 162 Å². The second-order valence-corrected chi connectivity index (χ2v) is 12.0. The molecule has 0 saturated carbocycles. The van der Waals surface area contributed by atoms with Gasteiger partial charge >= 0.3 is 0 Å². The first kappa shape index (κ1) is 27.0. The fourth-order valence-electron chi connectivity index (χ4n) is 5.81. The van der Waals surface area contributed by atoms with Crippen LogP contribution >= 0.6 is 11.8 Å². The summed E-state index contributed by atoms with van der Waals surface area (Å²) in [6, 6.07) is 48.9. The molecule has 7 aromatic rings. The van der Waals surface area contributed by atoms with Crippen LogP contribution in [0, 0.1) is 0 Å². The zero-order valence-corrected chi connectivity index (χ0v) is 25.2. The van der Waals surface area contributed by atoms with Crippen molar-refractivity contribution >= 4 is 23.9 Å². The highest BCUT2D eigenvalue weighted by Gasteiger charge is 2.17. The zero-order valence-electron chi connectivity index (χ0n) is 24.3. The van der Waals surface area contributed by atoms with E-state index in [1.807, 2.05) is 48.3 Å². The fourth-order valence-corrected chi connectivity index (χ4v) is 6.92. The predicted molar refractivity (Wildman–Crippen MR) is 186 cm³/mol. The van der Waals surface area contributed by atoms with Gasteiger partial charge in [0, 0.05) is 38.9 Å². The van der Waals surface area contributed by atoms with Crippen molar-refractivity contribution < 1.29 is 0 Å². The van der Waals surface area contributed by atoms with Gasteiger partial charge in [0.1, 0.15) is 0 Å². The fraction of sp³-hybridized carbons (Fsp3) is 0. The van der Waals surface area contributed by atoms with Crippen molar-refractivity contribution in [1.29, 1.82) is 0 Å². The molecule has 1 aliphatic rings. The maximum atomic E-state index is 5.10. The van der Waals surface area contributed by atoms with Gasteiger partial charge in [0.2, 0.25) is 0 Å². The van der Waals surface area contributed by atoms with E-state index in [4.69, 9.17) is 9.97 Å². The number of aromatic nitrogens is 3. The molecule has 0 aliphatic carbocycles. The molecule has 212 valence electrons. The van der Waals surface area contributed by atoms with Gasteiger partial charge in [-0.1, -0.05) is 127 Å². The molecule has 0 radical (unpaired) electrons. The van der Waals surface area contributed by atoms with Crippen LogP contribution < -0.4 is 0 Å². The minimum absolute atomic E-state index is 0.688. The van der Waals surface area contributed by atoms with E-state index in [2.05, 4.69) is 126 Å². The molecule has 0 amide bonds. The van der Waals surface area contributed by atoms with Gasteiger partial charge in [-0.2, -0.15) is 0 Å². The Morgan fingerprint density at radius 3 is 1.76 bits per heavy atom. The van der Waals surface area contributed by atoms with E-state index in [0.29, 0.717) is 5.82 Å². The van der Waals surface area contributed by atoms with Crippen LogP contribution in [0.2, 0.25) is 0 Å². The lowest BCUT2D eigenvalue weighted by atomic mass is 9.94. The minimum Gasteiger partial charge on any atom is -0.264 e. The van der Waals surface area contributed by atoms with Gasteiger partial charge in [0.05, 0.1) is 11.4 Å². The SMILES string of the molecule is C1=C\c2ccc(-c3cc(-c4cccnc4)nc(-c4ccccc4)n3)cc2-c2ccccc2Sc2ccccc2-c2ccccc2/1. The van der Waals surface area contributed by atoms with Crippen molar-refractivity contribution in [2.24, 2.45) is 0 Å². The van der Waals surface area contributed by atoms with Crippen LogP contribution in [-0.4, -0.2) is 15.0 Å². The van der Waals surface area contributed by atoms with Gasteiger partial charge in [-0.05, 0) is 69.8 Å². The van der Waals surface area contributed by atoms with Crippen molar-refractivity contribution in [3.8, 4) is 56.2 Å². The zero-order chi connectivity index (χ0) is 30.0. The first-order valence-electron chi connectivity index (χ1n) is 14.9. The molecule has 0 unspecified atom stereocenters. The third kappa shape index (κ3) is 5.37. The number of hydrogen-bond donors (Lipinski definition) is 0. The molecule has 45 heavy (non-hydrogen) atoms. The number of pyridine rings is 1. The molecular formula is C41H27N3S. The smallest absolute Gasteiger partial charge is 0.160 e. The lowest BCUT2D eigenvalue weighted by Crippen LogP contribution is -1.97. The van der Waals surface area contributed by atoms with Crippen molar-refractivity contribution in [3.05, 3.63) is 163 Å². The summed E-state index contributed by atoms with van der Waals surface area (Å²) in [5.41, 5.74) is 11.8. The van der Waals surface area contributed by atoms with E-state index < -0.39 is 0 Å². The molecule has 3 heterocycles. The largest absolute Gasteiger partial charge is 0.264 e. The highest BCUT2D eigenvalue weighted by Crippen LogP contribution is 2.44. The van der Waals surface area contributed by atoms with E-state index in [0.717, 1.165) is 39.2 Å². The third-order valence-corrected chi connectivity index (χ3v) is 9.19. The second kappa shape index (κ2) is 11.8. The molecule has 0 bridgehead atoms. The van der Waals surface area contributed by atoms with Crippen LogP contribution in [0.5, 0.6) is 0 Å². The molecule has 4 heteroatoms. The summed E-state index contributed by atoms with van der Waals surface area (Å²) in [7, 11) is 0. The van der Waals surface area contributed by atoms with Crippen molar-refractivity contribution in [3.63, 3.8) is 0 Å². The van der Waals surface area contributed by atoms with Crippen molar-refractivity contribution in [1.82, 2.24) is 15.0 Å². The summed E-state index contributed by atoms with van der Waals surface area (Å²) in [6.07, 6.45) is 8.11. The van der Waals surface area contributed by atoms with E-state index in [9.17, 15) is 0 Å². The van der Waals surface area contributed by atoms with Crippen LogP contribution in [0.3, 0.4) is 0 Å². The monoisotopic (exact) mass is 593 g/mol. The minimum atomic E-state index is 0.688. The molecule has 3 nitrogen and oxygen atoms in total. The van der Waals surface area contributed by atoms with Crippen LogP contribution in [0.25, 0.3) is 68.3 Å². The Bertz CT molecular complexity index is 2130. The second-order valence-electron chi connectivity index (χ2n) is 10.9. The molecule has 0 N–H and O–H groups in total. The number of hydrogen-bond acceptors (Lipinski definition) is 4. The van der Waals surface area contributed by atoms with E-state index in [-0.39, 0.29) is 0 Å². The summed E-state index contributed by atoms with van der Waals surface area (Å²) in [5.74, 6) is 0.688. The summed E-state index contributed by atoms with van der Waals surface area (Å²) in [4.78, 5) is 16.9. The molecule has 2 aromatic heterocycles. The van der Waals surface area contributed by atoms with Gasteiger partial charge < -0.3 is 0 Å².